The third-order valence-corrected chi connectivity index (χ3v) is 7.38. The van der Waals surface area contributed by atoms with Crippen LogP contribution in [0, 0.1) is 5.82 Å². The van der Waals surface area contributed by atoms with Crippen LogP contribution in [0.4, 0.5) is 10.1 Å². The first-order chi connectivity index (χ1) is 20.2. The zero-order valence-corrected chi connectivity index (χ0v) is 22.7. The van der Waals surface area contributed by atoms with E-state index in [4.69, 9.17) is 19.9 Å². The molecule has 2 aromatic heterocycles. The lowest BCUT2D eigenvalue weighted by molar-refractivity contribution is -0.224. The maximum atomic E-state index is 13.7. The van der Waals surface area contributed by atoms with Crippen LogP contribution in [0.25, 0.3) is 16.9 Å². The number of ether oxygens (including phenoxy) is 3. The summed E-state index contributed by atoms with van der Waals surface area (Å²) in [6.07, 6.45) is 2.27. The number of carbonyl (C=O) groups excluding carboxylic acids is 3. The van der Waals surface area contributed by atoms with Crippen molar-refractivity contribution in [1.29, 1.82) is 0 Å². The van der Waals surface area contributed by atoms with E-state index < -0.39 is 35.8 Å². The Morgan fingerprint density at radius 2 is 1.74 bits per heavy atom. The number of halogens is 1. The lowest BCUT2D eigenvalue weighted by Gasteiger charge is -2.29. The number of fused-ring (bicyclic) bond motifs is 1. The molecule has 4 aromatic rings. The van der Waals surface area contributed by atoms with E-state index in [1.54, 1.807) is 59.2 Å². The molecule has 2 saturated heterocycles. The number of aromatic nitrogens is 3. The number of benzene rings is 2. The number of amides is 1. The van der Waals surface area contributed by atoms with Crippen LogP contribution in [0.2, 0.25) is 0 Å². The number of imidazole rings is 1. The molecule has 0 bridgehead atoms. The Labute approximate surface area is 240 Å². The summed E-state index contributed by atoms with van der Waals surface area (Å²) in [4.78, 5) is 44.0. The quantitative estimate of drug-likeness (QED) is 0.354. The van der Waals surface area contributed by atoms with E-state index in [9.17, 15) is 18.8 Å². The van der Waals surface area contributed by atoms with Gasteiger partial charge in [-0.15, -0.1) is 5.10 Å². The number of hydrogen-bond donors (Lipinski definition) is 1. The van der Waals surface area contributed by atoms with Gasteiger partial charge in [0.05, 0.1) is 11.9 Å². The number of nitrogens with two attached hydrogens (primary N) is 1. The van der Waals surface area contributed by atoms with Crippen molar-refractivity contribution in [2.75, 3.05) is 11.4 Å². The molecule has 11 nitrogen and oxygen atoms in total. The van der Waals surface area contributed by atoms with Crippen LogP contribution in [0.1, 0.15) is 44.3 Å². The van der Waals surface area contributed by atoms with Crippen LogP contribution < -0.4 is 15.4 Å². The van der Waals surface area contributed by atoms with E-state index >= 15 is 0 Å². The van der Waals surface area contributed by atoms with Crippen LogP contribution >= 0.6 is 0 Å². The van der Waals surface area contributed by atoms with Crippen LogP contribution in [0.15, 0.2) is 66.9 Å². The molecule has 0 unspecified atom stereocenters. The van der Waals surface area contributed by atoms with Gasteiger partial charge < -0.3 is 24.8 Å². The van der Waals surface area contributed by atoms with Gasteiger partial charge >= 0.3 is 23.6 Å². The Morgan fingerprint density at radius 1 is 1.02 bits per heavy atom. The number of carbonyl (C=O) groups is 3. The molecule has 1 spiro atoms. The van der Waals surface area contributed by atoms with E-state index in [1.807, 2.05) is 6.92 Å². The summed E-state index contributed by atoms with van der Waals surface area (Å²) in [6.45, 7) is 1.80. The first kappa shape index (κ1) is 27.3. The van der Waals surface area contributed by atoms with Gasteiger partial charge in [0.25, 0.3) is 0 Å². The fourth-order valence-corrected chi connectivity index (χ4v) is 5.14. The van der Waals surface area contributed by atoms with Crippen LogP contribution in [-0.4, -0.2) is 50.8 Å². The lowest BCUT2D eigenvalue weighted by Crippen LogP contribution is -2.56. The largest absolute Gasteiger partial charge is 0.469 e. The van der Waals surface area contributed by atoms with Gasteiger partial charge in [-0.2, -0.15) is 0 Å². The molecule has 0 aliphatic carbocycles. The molecule has 1 amide bonds. The molecule has 0 radical (unpaired) electrons. The molecule has 4 heterocycles. The number of anilines is 1. The highest BCUT2D eigenvalue weighted by atomic mass is 19.1. The van der Waals surface area contributed by atoms with Crippen molar-refractivity contribution < 1.29 is 33.0 Å². The Balaban J connectivity index is 1.24. The summed E-state index contributed by atoms with van der Waals surface area (Å²) in [5.41, 5.74) is 9.42. The van der Waals surface area contributed by atoms with E-state index in [2.05, 4.69) is 10.1 Å². The van der Waals surface area contributed by atoms with Gasteiger partial charge in [0, 0.05) is 36.7 Å². The minimum atomic E-state index is -2.19. The van der Waals surface area contributed by atoms with E-state index in [-0.39, 0.29) is 25.2 Å². The van der Waals surface area contributed by atoms with Crippen molar-refractivity contribution in [3.05, 3.63) is 78.2 Å². The second kappa shape index (κ2) is 10.9. The normalized spacial score (nSPS) is 19.6. The van der Waals surface area contributed by atoms with E-state index in [1.165, 1.54) is 17.0 Å². The van der Waals surface area contributed by atoms with Crippen molar-refractivity contribution in [3.8, 4) is 17.1 Å². The fraction of sp³-hybridized carbons (Fsp3) is 0.300. The predicted octanol–water partition coefficient (Wildman–Crippen LogP) is 3.71. The van der Waals surface area contributed by atoms with E-state index in [0.29, 0.717) is 41.3 Å². The Bertz CT molecular complexity index is 1650. The predicted molar refractivity (Wildman–Crippen MR) is 148 cm³/mol. The first-order valence-corrected chi connectivity index (χ1v) is 13.6. The fourth-order valence-electron chi connectivity index (χ4n) is 5.14. The van der Waals surface area contributed by atoms with Crippen molar-refractivity contribution in [3.63, 3.8) is 0 Å². The summed E-state index contributed by atoms with van der Waals surface area (Å²) in [5, 5.41) is 4.58. The molecular weight excluding hydrogens is 545 g/mol. The molecular formula is C30H28FN5O6. The summed E-state index contributed by atoms with van der Waals surface area (Å²) in [6, 6.07) is 15.6. The number of rotatable bonds is 5. The molecule has 2 aliphatic rings. The molecule has 12 heteroatoms. The van der Waals surface area contributed by atoms with Crippen molar-refractivity contribution in [1.82, 2.24) is 14.6 Å². The monoisotopic (exact) mass is 573 g/mol. The van der Waals surface area contributed by atoms with Crippen LogP contribution in [0.3, 0.4) is 0 Å². The molecule has 2 atom stereocenters. The summed E-state index contributed by atoms with van der Waals surface area (Å²) in [7, 11) is 0. The molecule has 6 rings (SSSR count). The van der Waals surface area contributed by atoms with Crippen molar-refractivity contribution in [2.24, 2.45) is 5.73 Å². The van der Waals surface area contributed by atoms with Gasteiger partial charge in [-0.1, -0.05) is 24.3 Å². The molecule has 2 fully saturated rings. The molecule has 2 N–H and O–H groups in total. The number of esters is 2. The highest BCUT2D eigenvalue weighted by Crippen LogP contribution is 2.35. The number of hydrogen-bond acceptors (Lipinski definition) is 9. The topological polar surface area (TPSA) is 138 Å². The third kappa shape index (κ3) is 5.05. The first-order valence-electron chi connectivity index (χ1n) is 13.6. The minimum Gasteiger partial charge on any atom is -0.469 e. The van der Waals surface area contributed by atoms with Crippen molar-refractivity contribution >= 4 is 29.2 Å². The van der Waals surface area contributed by atoms with Gasteiger partial charge in [0.1, 0.15) is 18.0 Å². The maximum absolute atomic E-state index is 13.7. The van der Waals surface area contributed by atoms with E-state index in [0.717, 1.165) is 5.56 Å². The average molecular weight is 574 g/mol. The molecule has 2 aromatic carbocycles. The second-order valence-corrected chi connectivity index (χ2v) is 10.3. The standard InChI is InChI=1S/C30H28FN5O6/c1-18(20-5-4-6-21(31)15-20)40-26-14-13-25-33-16-23(36(25)34-26)19-9-11-22(12-10-19)35-17-24(32)30(29(35)39)41-27(37)7-2-3-8-28(38)42-30/h4-6,9-16,18,24H,2-3,7-8,17,32H2,1H3/t18-,24+/m1/s1. The highest BCUT2D eigenvalue weighted by molar-refractivity contribution is 6.04. The lowest BCUT2D eigenvalue weighted by atomic mass is 10.1. The highest BCUT2D eigenvalue weighted by Gasteiger charge is 2.60. The summed E-state index contributed by atoms with van der Waals surface area (Å²) < 4.78 is 32.1. The van der Waals surface area contributed by atoms with Crippen LogP contribution in [0.5, 0.6) is 5.88 Å². The smallest absolute Gasteiger partial charge is 0.354 e. The van der Waals surface area contributed by atoms with Gasteiger partial charge in [0.2, 0.25) is 5.88 Å². The Kier molecular flexibility index (Phi) is 7.07. The zero-order valence-electron chi connectivity index (χ0n) is 22.7. The molecule has 42 heavy (non-hydrogen) atoms. The Morgan fingerprint density at radius 3 is 2.43 bits per heavy atom. The molecule has 2 aliphatic heterocycles. The van der Waals surface area contributed by atoms with Crippen LogP contribution in [-0.2, 0) is 23.9 Å². The zero-order chi connectivity index (χ0) is 29.4. The average Bonchev–Trinajstić information content (AvgIpc) is 3.51. The second-order valence-electron chi connectivity index (χ2n) is 10.3. The molecule has 0 saturated carbocycles. The third-order valence-electron chi connectivity index (χ3n) is 7.38. The molecule has 216 valence electrons. The van der Waals surface area contributed by atoms with Gasteiger partial charge in [-0.3, -0.25) is 14.4 Å². The van der Waals surface area contributed by atoms with Crippen molar-refractivity contribution in [2.45, 2.75) is 50.5 Å². The van der Waals surface area contributed by atoms with Gasteiger partial charge in [-0.25, -0.2) is 13.9 Å². The minimum absolute atomic E-state index is 0.0138. The van der Waals surface area contributed by atoms with Gasteiger partial charge in [0.15, 0.2) is 5.65 Å². The summed E-state index contributed by atoms with van der Waals surface area (Å²) in [5.74, 6) is -4.20. The number of nitrogens with zero attached hydrogens (tertiary/aromatic N) is 4. The SMILES string of the molecule is C[C@@H](Oc1ccc2ncc(-c3ccc(N4C[C@H](N)C5(OC(=O)CCCCC(=O)O5)C4=O)cc3)n2n1)c1cccc(F)c1. The maximum Gasteiger partial charge on any atom is 0.354 e. The van der Waals surface area contributed by atoms with Gasteiger partial charge in [-0.05, 0) is 55.7 Å². The Hall–Kier alpha value is -4.84. The summed E-state index contributed by atoms with van der Waals surface area (Å²) >= 11 is 0.